The molecule has 112 valence electrons. The van der Waals surface area contributed by atoms with E-state index in [0.29, 0.717) is 29.5 Å². The second-order valence-corrected chi connectivity index (χ2v) is 5.29. The maximum Gasteiger partial charge on any atom is 0.310 e. The van der Waals surface area contributed by atoms with Gasteiger partial charge in [0.2, 0.25) is 0 Å². The number of hydrogen-bond acceptors (Lipinski definition) is 4. The first-order valence-electron chi connectivity index (χ1n) is 7.29. The number of aryl methyl sites for hydroxylation is 2. The van der Waals surface area contributed by atoms with E-state index in [2.05, 4.69) is 0 Å². The molecule has 1 aliphatic rings. The smallest absolute Gasteiger partial charge is 0.310 e. The minimum atomic E-state index is -0.373. The molecule has 0 spiro atoms. The topological polar surface area (TPSA) is 63.6 Å². The minimum Gasteiger partial charge on any atom is -0.507 e. The Hall–Kier alpha value is -2.62. The number of benzene rings is 2. The van der Waals surface area contributed by atoms with E-state index in [1.165, 1.54) is 6.07 Å². The van der Waals surface area contributed by atoms with Crippen molar-refractivity contribution < 1.29 is 19.4 Å². The molecule has 0 aliphatic heterocycles. The number of phenols is 1. The Bertz CT molecular complexity index is 762. The number of carbonyl (C=O) groups is 2. The van der Waals surface area contributed by atoms with Crippen LogP contribution in [0.5, 0.6) is 11.5 Å². The summed E-state index contributed by atoms with van der Waals surface area (Å²) in [5.74, 6) is -0.420. The van der Waals surface area contributed by atoms with Crippen molar-refractivity contribution in [1.82, 2.24) is 0 Å². The highest BCUT2D eigenvalue weighted by atomic mass is 16.5. The van der Waals surface area contributed by atoms with Crippen molar-refractivity contribution in [2.75, 3.05) is 0 Å². The Morgan fingerprint density at radius 2 is 1.91 bits per heavy atom. The van der Waals surface area contributed by atoms with E-state index in [0.717, 1.165) is 5.56 Å². The van der Waals surface area contributed by atoms with Gasteiger partial charge in [0.1, 0.15) is 11.5 Å². The highest BCUT2D eigenvalue weighted by molar-refractivity contribution is 6.13. The van der Waals surface area contributed by atoms with Crippen molar-refractivity contribution in [1.29, 1.82) is 0 Å². The molecule has 0 amide bonds. The van der Waals surface area contributed by atoms with Crippen LogP contribution in [0.4, 0.5) is 0 Å². The van der Waals surface area contributed by atoms with E-state index in [9.17, 15) is 14.7 Å². The summed E-state index contributed by atoms with van der Waals surface area (Å²) in [5, 5.41) is 10.2. The van der Waals surface area contributed by atoms with Crippen LogP contribution in [0.2, 0.25) is 0 Å². The van der Waals surface area contributed by atoms with Crippen LogP contribution in [0.1, 0.15) is 40.4 Å². The second kappa shape index (κ2) is 5.64. The zero-order chi connectivity index (χ0) is 15.7. The lowest BCUT2D eigenvalue weighted by Gasteiger charge is -2.11. The predicted octanol–water partition coefficient (Wildman–Crippen LogP) is 3.04. The summed E-state index contributed by atoms with van der Waals surface area (Å²) in [5.41, 5.74) is 2.60. The van der Waals surface area contributed by atoms with Gasteiger partial charge in [0, 0.05) is 18.1 Å². The summed E-state index contributed by atoms with van der Waals surface area (Å²) in [6.45, 7) is 1.70. The van der Waals surface area contributed by atoms with E-state index >= 15 is 0 Å². The SMILES string of the molecule is CCC(=O)Oc1cc(O)c2c(c1)CCc1ccccc1C2=O. The number of hydrogen-bond donors (Lipinski definition) is 1. The van der Waals surface area contributed by atoms with Crippen LogP contribution in [0.3, 0.4) is 0 Å². The van der Waals surface area contributed by atoms with Gasteiger partial charge in [0.05, 0.1) is 5.56 Å². The average molecular weight is 296 g/mol. The molecule has 0 radical (unpaired) electrons. The van der Waals surface area contributed by atoms with Gasteiger partial charge in [-0.15, -0.1) is 0 Å². The van der Waals surface area contributed by atoms with E-state index in [1.54, 1.807) is 19.1 Å². The normalized spacial score (nSPS) is 13.0. The molecule has 1 N–H and O–H groups in total. The van der Waals surface area contributed by atoms with Gasteiger partial charge in [-0.25, -0.2) is 0 Å². The Kier molecular flexibility index (Phi) is 3.67. The maximum absolute atomic E-state index is 12.7. The fourth-order valence-electron chi connectivity index (χ4n) is 2.74. The summed E-state index contributed by atoms with van der Waals surface area (Å²) in [6, 6.07) is 10.4. The molecule has 2 aromatic carbocycles. The standard InChI is InChI=1S/C18H16O4/c1-2-16(20)22-13-9-12-8-7-11-5-3-4-6-14(11)18(21)17(12)15(19)10-13/h3-6,9-10,19H,2,7-8H2,1H3. The Labute approximate surface area is 128 Å². The highest BCUT2D eigenvalue weighted by Gasteiger charge is 2.25. The highest BCUT2D eigenvalue weighted by Crippen LogP contribution is 2.34. The van der Waals surface area contributed by atoms with E-state index < -0.39 is 0 Å². The quantitative estimate of drug-likeness (QED) is 0.683. The lowest BCUT2D eigenvalue weighted by molar-refractivity contribution is -0.134. The summed E-state index contributed by atoms with van der Waals surface area (Å²) in [4.78, 5) is 24.1. The van der Waals surface area contributed by atoms with Gasteiger partial charge in [-0.1, -0.05) is 31.2 Å². The van der Waals surface area contributed by atoms with Crippen LogP contribution in [-0.2, 0) is 17.6 Å². The molecule has 4 nitrogen and oxygen atoms in total. The predicted molar refractivity (Wildman–Crippen MR) is 81.3 cm³/mol. The molecule has 3 rings (SSSR count). The third-order valence-electron chi connectivity index (χ3n) is 3.85. The molecule has 0 atom stereocenters. The molecule has 22 heavy (non-hydrogen) atoms. The number of phenolic OH excluding ortho intramolecular Hbond substituents is 1. The number of fused-ring (bicyclic) bond motifs is 2. The van der Waals surface area contributed by atoms with E-state index in [1.807, 2.05) is 18.2 Å². The van der Waals surface area contributed by atoms with E-state index in [-0.39, 0.29) is 29.7 Å². The number of ether oxygens (including phenoxy) is 1. The van der Waals surface area contributed by atoms with Crippen molar-refractivity contribution in [3.05, 3.63) is 58.7 Å². The lowest BCUT2D eigenvalue weighted by Crippen LogP contribution is -2.08. The number of aromatic hydroxyl groups is 1. The number of ketones is 1. The van der Waals surface area contributed by atoms with Gasteiger partial charge in [-0.3, -0.25) is 9.59 Å². The molecular weight excluding hydrogens is 280 g/mol. The van der Waals surface area contributed by atoms with Crippen LogP contribution in [0, 0.1) is 0 Å². The van der Waals surface area contributed by atoms with Crippen molar-refractivity contribution in [2.24, 2.45) is 0 Å². The van der Waals surface area contributed by atoms with Gasteiger partial charge >= 0.3 is 5.97 Å². The van der Waals surface area contributed by atoms with Crippen molar-refractivity contribution >= 4 is 11.8 Å². The minimum absolute atomic E-state index is 0.141. The lowest BCUT2D eigenvalue weighted by atomic mass is 9.98. The van der Waals surface area contributed by atoms with Gasteiger partial charge in [0.15, 0.2) is 5.78 Å². The average Bonchev–Trinajstić information content (AvgIpc) is 2.65. The monoisotopic (exact) mass is 296 g/mol. The van der Waals surface area contributed by atoms with Crippen LogP contribution in [0.25, 0.3) is 0 Å². The fourth-order valence-corrected chi connectivity index (χ4v) is 2.74. The molecule has 0 saturated carbocycles. The van der Waals surface area contributed by atoms with Crippen LogP contribution in [-0.4, -0.2) is 16.9 Å². The molecular formula is C18H16O4. The van der Waals surface area contributed by atoms with E-state index in [4.69, 9.17) is 4.74 Å². The largest absolute Gasteiger partial charge is 0.507 e. The van der Waals surface area contributed by atoms with Crippen LogP contribution in [0.15, 0.2) is 36.4 Å². The molecule has 0 unspecified atom stereocenters. The first-order chi connectivity index (χ1) is 10.6. The Morgan fingerprint density at radius 3 is 2.68 bits per heavy atom. The second-order valence-electron chi connectivity index (χ2n) is 5.29. The third kappa shape index (κ3) is 2.48. The van der Waals surface area contributed by atoms with Gasteiger partial charge in [0.25, 0.3) is 0 Å². The first kappa shape index (κ1) is 14.3. The molecule has 0 fully saturated rings. The molecule has 0 aromatic heterocycles. The van der Waals surface area contributed by atoms with Crippen molar-refractivity contribution in [3.63, 3.8) is 0 Å². The van der Waals surface area contributed by atoms with Gasteiger partial charge in [-0.2, -0.15) is 0 Å². The zero-order valence-corrected chi connectivity index (χ0v) is 12.3. The fraction of sp³-hybridized carbons (Fsp3) is 0.222. The van der Waals surface area contributed by atoms with Crippen LogP contribution < -0.4 is 4.74 Å². The Balaban J connectivity index is 2.07. The summed E-state index contributed by atoms with van der Waals surface area (Å²) in [6.07, 6.45) is 1.57. The van der Waals surface area contributed by atoms with Gasteiger partial charge < -0.3 is 9.84 Å². The maximum atomic E-state index is 12.7. The Morgan fingerprint density at radius 1 is 1.18 bits per heavy atom. The summed E-state index contributed by atoms with van der Waals surface area (Å²) in [7, 11) is 0. The first-order valence-corrected chi connectivity index (χ1v) is 7.29. The summed E-state index contributed by atoms with van der Waals surface area (Å²) >= 11 is 0. The summed E-state index contributed by atoms with van der Waals surface area (Å²) < 4.78 is 5.15. The van der Waals surface area contributed by atoms with Crippen molar-refractivity contribution in [2.45, 2.75) is 26.2 Å². The number of esters is 1. The number of carbonyl (C=O) groups excluding carboxylic acids is 2. The van der Waals surface area contributed by atoms with Gasteiger partial charge in [-0.05, 0) is 30.0 Å². The third-order valence-corrected chi connectivity index (χ3v) is 3.85. The molecule has 0 heterocycles. The zero-order valence-electron chi connectivity index (χ0n) is 12.3. The molecule has 1 aliphatic carbocycles. The molecule has 4 heteroatoms. The van der Waals surface area contributed by atoms with Crippen LogP contribution >= 0.6 is 0 Å². The molecule has 2 aromatic rings. The number of rotatable bonds is 2. The van der Waals surface area contributed by atoms with Crippen molar-refractivity contribution in [3.8, 4) is 11.5 Å². The molecule has 0 bridgehead atoms. The molecule has 0 saturated heterocycles.